The molecule has 1 aromatic rings. The van der Waals surface area contributed by atoms with Gasteiger partial charge in [0.05, 0.1) is 0 Å². The normalized spacial score (nSPS) is 17.8. The minimum atomic E-state index is -0.663. The van der Waals surface area contributed by atoms with Gasteiger partial charge in [-0.15, -0.1) is 10.2 Å². The van der Waals surface area contributed by atoms with E-state index in [9.17, 15) is 5.11 Å². The maximum absolute atomic E-state index is 9.43. The van der Waals surface area contributed by atoms with Crippen LogP contribution < -0.4 is 5.73 Å². The smallest absolute Gasteiger partial charge is 0.163 e. The Labute approximate surface area is 70.2 Å². The van der Waals surface area contributed by atoms with E-state index in [1.165, 1.54) is 0 Å². The summed E-state index contributed by atoms with van der Waals surface area (Å²) in [4.78, 5) is 0. The molecule has 66 valence electrons. The number of nitrogens with two attached hydrogens (primary N) is 1. The molecule has 0 saturated heterocycles. The van der Waals surface area contributed by atoms with Crippen molar-refractivity contribution in [3.05, 3.63) is 11.6 Å². The lowest BCUT2D eigenvalue weighted by Crippen LogP contribution is -2.16. The van der Waals surface area contributed by atoms with Gasteiger partial charge in [-0.3, -0.25) is 0 Å². The molecular formula is C7H12N4O. The van der Waals surface area contributed by atoms with Gasteiger partial charge in [-0.1, -0.05) is 0 Å². The lowest BCUT2D eigenvalue weighted by molar-refractivity contribution is 0.171. The van der Waals surface area contributed by atoms with Gasteiger partial charge in [-0.05, 0) is 6.42 Å². The molecular weight excluding hydrogens is 156 g/mol. The van der Waals surface area contributed by atoms with Crippen LogP contribution in [0.1, 0.15) is 24.2 Å². The van der Waals surface area contributed by atoms with E-state index in [0.717, 1.165) is 25.2 Å². The van der Waals surface area contributed by atoms with Crippen molar-refractivity contribution in [2.45, 2.75) is 25.5 Å². The summed E-state index contributed by atoms with van der Waals surface area (Å²) in [5.41, 5.74) is 5.33. The highest BCUT2D eigenvalue weighted by Gasteiger charge is 2.21. The molecule has 1 aromatic heterocycles. The fourth-order valence-corrected chi connectivity index (χ4v) is 1.52. The molecule has 0 fully saturated rings. The monoisotopic (exact) mass is 168 g/mol. The second-order valence-corrected chi connectivity index (χ2v) is 2.98. The van der Waals surface area contributed by atoms with Crippen LogP contribution in [0.4, 0.5) is 0 Å². The van der Waals surface area contributed by atoms with Crippen LogP contribution in [0, 0.1) is 0 Å². The summed E-state index contributed by atoms with van der Waals surface area (Å²) in [6, 6.07) is 0. The van der Waals surface area contributed by atoms with Crippen molar-refractivity contribution in [1.29, 1.82) is 0 Å². The first-order chi connectivity index (χ1) is 5.83. The third kappa shape index (κ3) is 1.02. The fourth-order valence-electron chi connectivity index (χ4n) is 1.52. The molecule has 5 heteroatoms. The summed E-state index contributed by atoms with van der Waals surface area (Å²) in [5, 5.41) is 17.3. The van der Waals surface area contributed by atoms with Crippen molar-refractivity contribution in [2.24, 2.45) is 5.73 Å². The number of fused-ring (bicyclic) bond motifs is 1. The fraction of sp³-hybridized carbons (Fsp3) is 0.714. The minimum absolute atomic E-state index is 0.206. The first kappa shape index (κ1) is 7.70. The van der Waals surface area contributed by atoms with E-state index in [0.29, 0.717) is 5.82 Å². The average molecular weight is 168 g/mol. The molecule has 0 amide bonds. The Kier molecular flexibility index (Phi) is 1.82. The van der Waals surface area contributed by atoms with Crippen molar-refractivity contribution in [1.82, 2.24) is 14.8 Å². The van der Waals surface area contributed by atoms with Crippen LogP contribution in [-0.2, 0) is 13.0 Å². The quantitative estimate of drug-likeness (QED) is 0.607. The molecule has 1 unspecified atom stereocenters. The lowest BCUT2D eigenvalue weighted by Gasteiger charge is -2.06. The molecule has 0 spiro atoms. The SMILES string of the molecule is NCC(O)c1nnc2n1CCC2. The second kappa shape index (κ2) is 2.84. The average Bonchev–Trinajstić information content (AvgIpc) is 2.62. The van der Waals surface area contributed by atoms with Gasteiger partial charge < -0.3 is 15.4 Å². The molecule has 3 N–H and O–H groups in total. The number of hydrogen-bond donors (Lipinski definition) is 2. The molecule has 1 aliphatic rings. The molecule has 1 aliphatic heterocycles. The van der Waals surface area contributed by atoms with Crippen LogP contribution in [0.5, 0.6) is 0 Å². The first-order valence-electron chi connectivity index (χ1n) is 4.13. The largest absolute Gasteiger partial charge is 0.384 e. The van der Waals surface area contributed by atoms with Crippen molar-refractivity contribution in [3.8, 4) is 0 Å². The summed E-state index contributed by atoms with van der Waals surface area (Å²) in [6.07, 6.45) is 1.39. The molecule has 0 saturated carbocycles. The van der Waals surface area contributed by atoms with Crippen LogP contribution in [-0.4, -0.2) is 26.4 Å². The number of rotatable bonds is 2. The van der Waals surface area contributed by atoms with Gasteiger partial charge in [-0.25, -0.2) is 0 Å². The standard InChI is InChI=1S/C7H12N4O/c8-4-5(12)7-10-9-6-2-1-3-11(6)7/h5,12H,1-4,8H2. The third-order valence-electron chi connectivity index (χ3n) is 2.16. The minimum Gasteiger partial charge on any atom is -0.384 e. The van der Waals surface area contributed by atoms with Crippen molar-refractivity contribution in [2.75, 3.05) is 6.54 Å². The predicted octanol–water partition coefficient (Wildman–Crippen LogP) is -0.784. The molecule has 12 heavy (non-hydrogen) atoms. The number of nitrogens with zero attached hydrogens (tertiary/aromatic N) is 3. The molecule has 0 radical (unpaired) electrons. The van der Waals surface area contributed by atoms with E-state index in [1.54, 1.807) is 0 Å². The van der Waals surface area contributed by atoms with E-state index in [-0.39, 0.29) is 6.54 Å². The Morgan fingerprint density at radius 3 is 3.17 bits per heavy atom. The van der Waals surface area contributed by atoms with E-state index in [4.69, 9.17) is 5.73 Å². The Bertz CT molecular complexity index is 283. The highest BCUT2D eigenvalue weighted by molar-refractivity contribution is 5.03. The van der Waals surface area contributed by atoms with Crippen molar-refractivity contribution < 1.29 is 5.11 Å². The van der Waals surface area contributed by atoms with Gasteiger partial charge in [0.2, 0.25) is 0 Å². The summed E-state index contributed by atoms with van der Waals surface area (Å²) >= 11 is 0. The molecule has 2 rings (SSSR count). The number of aromatic nitrogens is 3. The van der Waals surface area contributed by atoms with E-state index < -0.39 is 6.10 Å². The molecule has 0 aromatic carbocycles. The molecule has 5 nitrogen and oxygen atoms in total. The number of aryl methyl sites for hydroxylation is 1. The molecule has 0 bridgehead atoms. The van der Waals surface area contributed by atoms with E-state index in [1.807, 2.05) is 4.57 Å². The van der Waals surface area contributed by atoms with Crippen LogP contribution in [0.15, 0.2) is 0 Å². The highest BCUT2D eigenvalue weighted by Crippen LogP contribution is 2.17. The Morgan fingerprint density at radius 1 is 1.58 bits per heavy atom. The summed E-state index contributed by atoms with van der Waals surface area (Å²) < 4.78 is 1.96. The zero-order valence-electron chi connectivity index (χ0n) is 6.77. The Balaban J connectivity index is 2.33. The van der Waals surface area contributed by atoms with E-state index >= 15 is 0 Å². The first-order valence-corrected chi connectivity index (χ1v) is 4.13. The van der Waals surface area contributed by atoms with Gasteiger partial charge in [0.25, 0.3) is 0 Å². The van der Waals surface area contributed by atoms with Gasteiger partial charge in [0.15, 0.2) is 5.82 Å². The zero-order chi connectivity index (χ0) is 8.55. The lowest BCUT2D eigenvalue weighted by atomic mass is 10.3. The van der Waals surface area contributed by atoms with Gasteiger partial charge in [-0.2, -0.15) is 0 Å². The predicted molar refractivity (Wildman–Crippen MR) is 42.4 cm³/mol. The second-order valence-electron chi connectivity index (χ2n) is 2.98. The van der Waals surface area contributed by atoms with Crippen LogP contribution in [0.2, 0.25) is 0 Å². The molecule has 0 aliphatic carbocycles. The highest BCUT2D eigenvalue weighted by atomic mass is 16.3. The number of hydrogen-bond acceptors (Lipinski definition) is 4. The summed E-state index contributed by atoms with van der Waals surface area (Å²) in [6.45, 7) is 1.12. The van der Waals surface area contributed by atoms with Gasteiger partial charge >= 0.3 is 0 Å². The molecule has 1 atom stereocenters. The maximum Gasteiger partial charge on any atom is 0.163 e. The zero-order valence-corrected chi connectivity index (χ0v) is 6.77. The number of aliphatic hydroxyl groups is 1. The van der Waals surface area contributed by atoms with Crippen molar-refractivity contribution >= 4 is 0 Å². The Hall–Kier alpha value is -0.940. The summed E-state index contributed by atoms with van der Waals surface area (Å²) in [7, 11) is 0. The van der Waals surface area contributed by atoms with Crippen LogP contribution in [0.3, 0.4) is 0 Å². The van der Waals surface area contributed by atoms with E-state index in [2.05, 4.69) is 10.2 Å². The number of aliphatic hydroxyl groups excluding tert-OH is 1. The summed E-state index contributed by atoms with van der Waals surface area (Å²) in [5.74, 6) is 1.59. The van der Waals surface area contributed by atoms with Crippen LogP contribution >= 0.6 is 0 Å². The maximum atomic E-state index is 9.43. The molecule has 2 heterocycles. The van der Waals surface area contributed by atoms with Crippen LogP contribution in [0.25, 0.3) is 0 Å². The van der Waals surface area contributed by atoms with Crippen molar-refractivity contribution in [3.63, 3.8) is 0 Å². The van der Waals surface area contributed by atoms with Gasteiger partial charge in [0.1, 0.15) is 11.9 Å². The van der Waals surface area contributed by atoms with Gasteiger partial charge in [0, 0.05) is 19.5 Å². The Morgan fingerprint density at radius 2 is 2.42 bits per heavy atom. The third-order valence-corrected chi connectivity index (χ3v) is 2.16. The topological polar surface area (TPSA) is 77.0 Å².